The highest BCUT2D eigenvalue weighted by Crippen LogP contribution is 2.20. The zero-order chi connectivity index (χ0) is 51.8. The second-order valence-corrected chi connectivity index (χ2v) is 22.9. The van der Waals surface area contributed by atoms with Gasteiger partial charge in [-0.15, -0.1) is 0 Å². The number of rotatable bonds is 59. The van der Waals surface area contributed by atoms with Gasteiger partial charge in [0.1, 0.15) is 13.2 Å². The van der Waals surface area contributed by atoms with Gasteiger partial charge >= 0.3 is 17.9 Å². The van der Waals surface area contributed by atoms with Crippen LogP contribution >= 0.6 is 0 Å². The summed E-state index contributed by atoms with van der Waals surface area (Å²) in [4.78, 5) is 38.3. The van der Waals surface area contributed by atoms with Crippen molar-refractivity contribution in [1.82, 2.24) is 0 Å². The van der Waals surface area contributed by atoms with E-state index in [1.807, 2.05) is 0 Å². The maximum Gasteiger partial charge on any atom is 0.306 e. The van der Waals surface area contributed by atoms with E-state index in [0.717, 1.165) is 69.6 Å². The van der Waals surface area contributed by atoms with Crippen LogP contribution in [-0.2, 0) is 28.6 Å². The number of hydrogen-bond donors (Lipinski definition) is 0. The minimum Gasteiger partial charge on any atom is -0.462 e. The molecule has 6 heteroatoms. The molecule has 0 spiro atoms. The monoisotopic (exact) mass is 1000 g/mol. The molecule has 0 saturated heterocycles. The van der Waals surface area contributed by atoms with Crippen LogP contribution in [-0.4, -0.2) is 37.2 Å². The summed E-state index contributed by atoms with van der Waals surface area (Å²) >= 11 is 0. The maximum atomic E-state index is 12.9. The molecule has 0 aliphatic carbocycles. The lowest BCUT2D eigenvalue weighted by Crippen LogP contribution is -2.30. The third-order valence-corrected chi connectivity index (χ3v) is 15.7. The molecule has 0 aromatic rings. The Morgan fingerprint density at radius 1 is 0.282 bits per heavy atom. The average molecular weight is 1000 g/mol. The van der Waals surface area contributed by atoms with E-state index in [2.05, 4.69) is 34.6 Å². The molecule has 0 aromatic carbocycles. The van der Waals surface area contributed by atoms with Crippen molar-refractivity contribution in [3.05, 3.63) is 0 Å². The third-order valence-electron chi connectivity index (χ3n) is 15.7. The Labute approximate surface area is 444 Å². The SMILES string of the molecule is CCCCCCCCCCCCCCCCCCCC(=O)OC[C@@H](COC(=O)CCCCCCCCCCCCC(C)CC)OC(=O)CCCCCCCCCCCCCCCCCCCCC(C)CC. The first kappa shape index (κ1) is 69.4. The van der Waals surface area contributed by atoms with Gasteiger partial charge in [0, 0.05) is 19.3 Å². The summed E-state index contributed by atoms with van der Waals surface area (Å²) in [6.07, 6.45) is 63.8. The van der Waals surface area contributed by atoms with Crippen LogP contribution in [0.1, 0.15) is 369 Å². The van der Waals surface area contributed by atoms with Gasteiger partial charge in [0.2, 0.25) is 0 Å². The molecular formula is C65H126O6. The Kier molecular flexibility index (Phi) is 56.4. The van der Waals surface area contributed by atoms with E-state index in [1.54, 1.807) is 0 Å². The maximum absolute atomic E-state index is 12.9. The Bertz CT molecular complexity index is 1090. The molecule has 3 atom stereocenters. The summed E-state index contributed by atoms with van der Waals surface area (Å²) < 4.78 is 17.0. The fourth-order valence-electron chi connectivity index (χ4n) is 10.0. The zero-order valence-electron chi connectivity index (χ0n) is 48.9. The average Bonchev–Trinajstić information content (AvgIpc) is 3.37. The lowest BCUT2D eigenvalue weighted by molar-refractivity contribution is -0.167. The van der Waals surface area contributed by atoms with Gasteiger partial charge in [-0.25, -0.2) is 0 Å². The van der Waals surface area contributed by atoms with Gasteiger partial charge in [-0.3, -0.25) is 14.4 Å². The quantitative estimate of drug-likeness (QED) is 0.0343. The zero-order valence-corrected chi connectivity index (χ0v) is 48.9. The lowest BCUT2D eigenvalue weighted by atomic mass is 9.99. The standard InChI is InChI=1S/C65H126O6/c1-6-9-10-11-12-13-14-15-16-19-23-26-29-35-40-45-50-55-63(66)69-58-62(59-70-64(67)56-51-46-41-36-32-31-34-39-44-49-54-61(5)8-3)71-65(68)57-52-47-42-37-30-27-24-21-18-17-20-22-25-28-33-38-43-48-53-60(4)7-2/h60-62H,6-59H2,1-5H3/t60?,61?,62-/m0/s1. The molecule has 0 radical (unpaired) electrons. The largest absolute Gasteiger partial charge is 0.462 e. The molecule has 0 amide bonds. The van der Waals surface area contributed by atoms with E-state index >= 15 is 0 Å². The highest BCUT2D eigenvalue weighted by Gasteiger charge is 2.19. The van der Waals surface area contributed by atoms with Crippen molar-refractivity contribution in [3.63, 3.8) is 0 Å². The van der Waals surface area contributed by atoms with Crippen LogP contribution in [0.15, 0.2) is 0 Å². The number of carbonyl (C=O) groups excluding carboxylic acids is 3. The van der Waals surface area contributed by atoms with E-state index in [-0.39, 0.29) is 31.1 Å². The molecule has 0 fully saturated rings. The molecule has 0 bridgehead atoms. The lowest BCUT2D eigenvalue weighted by Gasteiger charge is -2.18. The van der Waals surface area contributed by atoms with E-state index in [1.165, 1.54) is 257 Å². The van der Waals surface area contributed by atoms with Crippen LogP contribution in [0.2, 0.25) is 0 Å². The Hall–Kier alpha value is -1.59. The minimum atomic E-state index is -0.764. The van der Waals surface area contributed by atoms with E-state index < -0.39 is 6.10 Å². The molecule has 71 heavy (non-hydrogen) atoms. The second-order valence-electron chi connectivity index (χ2n) is 22.9. The Balaban J connectivity index is 4.27. The van der Waals surface area contributed by atoms with Gasteiger partial charge in [-0.05, 0) is 31.1 Å². The van der Waals surface area contributed by atoms with Crippen molar-refractivity contribution < 1.29 is 28.6 Å². The number of ether oxygens (including phenoxy) is 3. The summed E-state index contributed by atoms with van der Waals surface area (Å²) in [6.45, 7) is 11.5. The fraction of sp³-hybridized carbons (Fsp3) is 0.954. The first-order valence-corrected chi connectivity index (χ1v) is 32.3. The van der Waals surface area contributed by atoms with Crippen LogP contribution in [0, 0.1) is 11.8 Å². The van der Waals surface area contributed by atoms with Gasteiger partial charge in [0.25, 0.3) is 0 Å². The third kappa shape index (κ3) is 56.0. The normalized spacial score (nSPS) is 12.8. The summed E-state index contributed by atoms with van der Waals surface area (Å²) in [5.74, 6) is 0.947. The number of carbonyl (C=O) groups is 3. The van der Waals surface area contributed by atoms with E-state index in [0.29, 0.717) is 19.3 Å². The molecule has 0 heterocycles. The Morgan fingerprint density at radius 2 is 0.493 bits per heavy atom. The predicted molar refractivity (Wildman–Crippen MR) is 307 cm³/mol. The Morgan fingerprint density at radius 3 is 0.732 bits per heavy atom. The molecule has 0 N–H and O–H groups in total. The highest BCUT2D eigenvalue weighted by atomic mass is 16.6. The highest BCUT2D eigenvalue weighted by molar-refractivity contribution is 5.71. The van der Waals surface area contributed by atoms with Crippen molar-refractivity contribution in [3.8, 4) is 0 Å². The van der Waals surface area contributed by atoms with Crippen molar-refractivity contribution in [1.29, 1.82) is 0 Å². The van der Waals surface area contributed by atoms with Gasteiger partial charge in [0.15, 0.2) is 6.10 Å². The molecule has 0 aliphatic rings. The van der Waals surface area contributed by atoms with Crippen molar-refractivity contribution in [2.45, 2.75) is 375 Å². The summed E-state index contributed by atoms with van der Waals surface area (Å²) in [6, 6.07) is 0. The number of esters is 3. The molecular weight excluding hydrogens is 877 g/mol. The van der Waals surface area contributed by atoms with Crippen molar-refractivity contribution >= 4 is 17.9 Å². The fourth-order valence-corrected chi connectivity index (χ4v) is 10.0. The molecule has 2 unspecified atom stereocenters. The molecule has 6 nitrogen and oxygen atoms in total. The van der Waals surface area contributed by atoms with Crippen molar-refractivity contribution in [2.24, 2.45) is 11.8 Å². The number of unbranched alkanes of at least 4 members (excludes halogenated alkanes) is 42. The molecule has 0 rings (SSSR count). The van der Waals surface area contributed by atoms with Gasteiger partial charge in [-0.1, -0.05) is 330 Å². The molecule has 0 aromatic heterocycles. The first-order chi connectivity index (χ1) is 34.8. The molecule has 0 aliphatic heterocycles. The van der Waals surface area contributed by atoms with Crippen LogP contribution in [0.5, 0.6) is 0 Å². The topological polar surface area (TPSA) is 78.9 Å². The summed E-state index contributed by atoms with van der Waals surface area (Å²) in [5.41, 5.74) is 0. The predicted octanol–water partition coefficient (Wildman–Crippen LogP) is 21.6. The van der Waals surface area contributed by atoms with Gasteiger partial charge in [0.05, 0.1) is 0 Å². The first-order valence-electron chi connectivity index (χ1n) is 32.3. The smallest absolute Gasteiger partial charge is 0.306 e. The van der Waals surface area contributed by atoms with E-state index in [4.69, 9.17) is 14.2 Å². The minimum absolute atomic E-state index is 0.0620. The number of hydrogen-bond acceptors (Lipinski definition) is 6. The van der Waals surface area contributed by atoms with Crippen LogP contribution in [0.25, 0.3) is 0 Å². The summed E-state index contributed by atoms with van der Waals surface area (Å²) in [7, 11) is 0. The second kappa shape index (κ2) is 57.7. The van der Waals surface area contributed by atoms with Crippen molar-refractivity contribution in [2.75, 3.05) is 13.2 Å². The molecule has 422 valence electrons. The van der Waals surface area contributed by atoms with Gasteiger partial charge < -0.3 is 14.2 Å². The van der Waals surface area contributed by atoms with E-state index in [9.17, 15) is 14.4 Å². The van der Waals surface area contributed by atoms with Crippen LogP contribution in [0.4, 0.5) is 0 Å². The molecule has 0 saturated carbocycles. The summed E-state index contributed by atoms with van der Waals surface area (Å²) in [5, 5.41) is 0. The van der Waals surface area contributed by atoms with Crippen LogP contribution < -0.4 is 0 Å². The van der Waals surface area contributed by atoms with Crippen LogP contribution in [0.3, 0.4) is 0 Å². The van der Waals surface area contributed by atoms with Gasteiger partial charge in [-0.2, -0.15) is 0 Å².